The molecule has 0 saturated carbocycles. The van der Waals surface area contributed by atoms with Crippen molar-refractivity contribution in [3.8, 4) is 0 Å². The van der Waals surface area contributed by atoms with Crippen molar-refractivity contribution in [2.24, 2.45) is 11.8 Å². The molecular weight excluding hydrogens is 224 g/mol. The van der Waals surface area contributed by atoms with Crippen molar-refractivity contribution < 1.29 is 9.78 Å². The maximum atomic E-state index is 5.41. The van der Waals surface area contributed by atoms with Crippen molar-refractivity contribution in [1.29, 1.82) is 0 Å². The van der Waals surface area contributed by atoms with Crippen LogP contribution in [-0.2, 0) is 16.4 Å². The molecule has 0 aliphatic rings. The number of hydrogen-bond donors (Lipinski definition) is 0. The van der Waals surface area contributed by atoms with Crippen LogP contribution in [0.2, 0.25) is 0 Å². The molecule has 0 aliphatic heterocycles. The number of hydrogen-bond acceptors (Lipinski definition) is 2. The summed E-state index contributed by atoms with van der Waals surface area (Å²) in [7, 11) is 0. The standard InChI is InChI=1S/C16H24O2/c1-12(2)16(13(3)4)14(5)18-17-11-15-9-7-6-8-10-15/h6-10,12-13H,11H2,1-5H3. The van der Waals surface area contributed by atoms with E-state index >= 15 is 0 Å². The lowest BCUT2D eigenvalue weighted by Crippen LogP contribution is -2.07. The molecule has 0 bridgehead atoms. The molecule has 0 heterocycles. The third-order valence-corrected chi connectivity index (χ3v) is 2.90. The van der Waals surface area contributed by atoms with E-state index in [9.17, 15) is 0 Å². The molecule has 0 unspecified atom stereocenters. The van der Waals surface area contributed by atoms with Crippen molar-refractivity contribution in [1.82, 2.24) is 0 Å². The van der Waals surface area contributed by atoms with Gasteiger partial charge in [-0.15, -0.1) is 0 Å². The minimum absolute atomic E-state index is 0.474. The minimum atomic E-state index is 0.474. The molecule has 2 heteroatoms. The molecule has 0 fully saturated rings. The molecule has 0 aromatic heterocycles. The van der Waals surface area contributed by atoms with Gasteiger partial charge in [0.1, 0.15) is 12.4 Å². The summed E-state index contributed by atoms with van der Waals surface area (Å²) < 4.78 is 0. The molecule has 0 N–H and O–H groups in total. The zero-order valence-corrected chi connectivity index (χ0v) is 12.1. The van der Waals surface area contributed by atoms with Gasteiger partial charge in [-0.3, -0.25) is 0 Å². The summed E-state index contributed by atoms with van der Waals surface area (Å²) in [6, 6.07) is 10.0. The number of benzene rings is 1. The maximum Gasteiger partial charge on any atom is 0.139 e. The highest BCUT2D eigenvalue weighted by Crippen LogP contribution is 2.24. The summed E-state index contributed by atoms with van der Waals surface area (Å²) in [5.41, 5.74) is 2.42. The van der Waals surface area contributed by atoms with Gasteiger partial charge in [0.15, 0.2) is 0 Å². The zero-order chi connectivity index (χ0) is 13.5. The van der Waals surface area contributed by atoms with Gasteiger partial charge < -0.3 is 4.89 Å². The van der Waals surface area contributed by atoms with Gasteiger partial charge in [-0.25, -0.2) is 0 Å². The number of allylic oxidation sites excluding steroid dienone is 2. The Bertz CT molecular complexity index is 367. The molecule has 1 aromatic carbocycles. The predicted molar refractivity (Wildman–Crippen MR) is 74.7 cm³/mol. The highest BCUT2D eigenvalue weighted by atomic mass is 17.2. The molecule has 0 amide bonds. The second kappa shape index (κ2) is 7.22. The second-order valence-electron chi connectivity index (χ2n) is 5.15. The van der Waals surface area contributed by atoms with E-state index in [1.165, 1.54) is 5.57 Å². The molecular formula is C16H24O2. The molecule has 1 aromatic rings. The first-order chi connectivity index (χ1) is 8.52. The van der Waals surface area contributed by atoms with Gasteiger partial charge in [0.2, 0.25) is 0 Å². The van der Waals surface area contributed by atoms with Crippen LogP contribution in [0.25, 0.3) is 0 Å². The fourth-order valence-electron chi connectivity index (χ4n) is 2.29. The van der Waals surface area contributed by atoms with E-state index in [0.717, 1.165) is 11.3 Å². The van der Waals surface area contributed by atoms with Gasteiger partial charge in [0.05, 0.1) is 0 Å². The van der Waals surface area contributed by atoms with E-state index in [2.05, 4.69) is 27.7 Å². The zero-order valence-electron chi connectivity index (χ0n) is 12.1. The van der Waals surface area contributed by atoms with Crippen LogP contribution in [0.1, 0.15) is 40.2 Å². The Hall–Kier alpha value is -1.28. The molecule has 0 spiro atoms. The van der Waals surface area contributed by atoms with Crippen LogP contribution in [0.15, 0.2) is 41.7 Å². The van der Waals surface area contributed by atoms with Gasteiger partial charge in [0, 0.05) is 0 Å². The smallest absolute Gasteiger partial charge is 0.139 e. The van der Waals surface area contributed by atoms with Crippen LogP contribution >= 0.6 is 0 Å². The summed E-state index contributed by atoms with van der Waals surface area (Å²) in [4.78, 5) is 10.7. The van der Waals surface area contributed by atoms with E-state index in [4.69, 9.17) is 9.78 Å². The van der Waals surface area contributed by atoms with Gasteiger partial charge in [-0.2, -0.15) is 4.89 Å². The van der Waals surface area contributed by atoms with Gasteiger partial charge in [0.25, 0.3) is 0 Å². The van der Waals surface area contributed by atoms with Crippen molar-refractivity contribution in [3.63, 3.8) is 0 Å². The highest BCUT2D eigenvalue weighted by Gasteiger charge is 2.13. The van der Waals surface area contributed by atoms with Crippen LogP contribution in [0, 0.1) is 11.8 Å². The molecule has 1 rings (SSSR count). The first-order valence-corrected chi connectivity index (χ1v) is 6.56. The summed E-state index contributed by atoms with van der Waals surface area (Å²) in [6.07, 6.45) is 0. The lowest BCUT2D eigenvalue weighted by molar-refractivity contribution is -0.272. The molecule has 0 radical (unpaired) electrons. The van der Waals surface area contributed by atoms with Crippen molar-refractivity contribution in [3.05, 3.63) is 47.2 Å². The Morgan fingerprint density at radius 3 is 2.06 bits per heavy atom. The average molecular weight is 248 g/mol. The topological polar surface area (TPSA) is 18.5 Å². The third-order valence-electron chi connectivity index (χ3n) is 2.90. The van der Waals surface area contributed by atoms with Crippen LogP contribution in [0.4, 0.5) is 0 Å². The van der Waals surface area contributed by atoms with E-state index in [0.29, 0.717) is 18.4 Å². The monoisotopic (exact) mass is 248 g/mol. The Balaban J connectivity index is 2.54. The van der Waals surface area contributed by atoms with E-state index in [-0.39, 0.29) is 0 Å². The van der Waals surface area contributed by atoms with E-state index in [1.54, 1.807) is 0 Å². The molecule has 0 aliphatic carbocycles. The first kappa shape index (κ1) is 14.8. The Morgan fingerprint density at radius 1 is 1.00 bits per heavy atom. The Kier molecular flexibility index (Phi) is 5.93. The fraction of sp³-hybridized carbons (Fsp3) is 0.500. The summed E-state index contributed by atoms with van der Waals surface area (Å²) in [5, 5.41) is 0. The molecule has 100 valence electrons. The Labute approximate surface area is 111 Å². The number of rotatable bonds is 6. The van der Waals surface area contributed by atoms with Gasteiger partial charge in [-0.1, -0.05) is 58.0 Å². The molecule has 2 nitrogen and oxygen atoms in total. The van der Waals surface area contributed by atoms with Crippen LogP contribution < -0.4 is 0 Å². The lowest BCUT2D eigenvalue weighted by atomic mass is 9.92. The summed E-state index contributed by atoms with van der Waals surface area (Å²) in [6.45, 7) is 11.2. The van der Waals surface area contributed by atoms with Gasteiger partial charge in [-0.05, 0) is 29.9 Å². The van der Waals surface area contributed by atoms with Crippen LogP contribution in [-0.4, -0.2) is 0 Å². The summed E-state index contributed by atoms with van der Waals surface area (Å²) in [5.74, 6) is 1.84. The van der Waals surface area contributed by atoms with Crippen LogP contribution in [0.3, 0.4) is 0 Å². The normalized spacial score (nSPS) is 10.8. The van der Waals surface area contributed by atoms with Gasteiger partial charge >= 0.3 is 0 Å². The fourth-order valence-corrected chi connectivity index (χ4v) is 2.29. The summed E-state index contributed by atoms with van der Waals surface area (Å²) >= 11 is 0. The predicted octanol–water partition coefficient (Wildman–Crippen LogP) is 4.72. The van der Waals surface area contributed by atoms with Crippen molar-refractivity contribution >= 4 is 0 Å². The largest absolute Gasteiger partial charge is 0.342 e. The third kappa shape index (κ3) is 4.53. The van der Waals surface area contributed by atoms with E-state index in [1.807, 2.05) is 37.3 Å². The Morgan fingerprint density at radius 2 is 1.56 bits per heavy atom. The SMILES string of the molecule is CC(OOCc1ccccc1)=C(C(C)C)C(C)C. The molecule has 18 heavy (non-hydrogen) atoms. The quantitative estimate of drug-likeness (QED) is 0.412. The highest BCUT2D eigenvalue weighted by molar-refractivity contribution is 5.13. The average Bonchev–Trinajstić information content (AvgIpc) is 2.29. The van der Waals surface area contributed by atoms with Crippen LogP contribution in [0.5, 0.6) is 0 Å². The molecule has 0 saturated heterocycles. The minimum Gasteiger partial charge on any atom is -0.342 e. The van der Waals surface area contributed by atoms with Crippen molar-refractivity contribution in [2.75, 3.05) is 0 Å². The second-order valence-corrected chi connectivity index (χ2v) is 5.15. The van der Waals surface area contributed by atoms with E-state index < -0.39 is 0 Å². The molecule has 0 atom stereocenters. The van der Waals surface area contributed by atoms with Crippen molar-refractivity contribution in [2.45, 2.75) is 41.2 Å². The lowest BCUT2D eigenvalue weighted by Gasteiger charge is -2.18. The first-order valence-electron chi connectivity index (χ1n) is 6.56. The maximum absolute atomic E-state index is 5.41.